The lowest BCUT2D eigenvalue weighted by molar-refractivity contribution is 0.184. The maximum absolute atomic E-state index is 13.0. The quantitative estimate of drug-likeness (QED) is 0.764. The van der Waals surface area contributed by atoms with Crippen LogP contribution in [-0.2, 0) is 6.42 Å². The number of pyridine rings is 1. The van der Waals surface area contributed by atoms with Crippen molar-refractivity contribution in [1.29, 1.82) is 0 Å². The average Bonchev–Trinajstić information content (AvgIpc) is 2.06. The van der Waals surface area contributed by atoms with Crippen molar-refractivity contribution in [3.63, 3.8) is 0 Å². The largest absolute Gasteiger partial charge is 0.393 e. The number of hydrogen-bond donors (Lipinski definition) is 1. The van der Waals surface area contributed by atoms with Crippen molar-refractivity contribution < 1.29 is 9.50 Å². The van der Waals surface area contributed by atoms with Gasteiger partial charge in [-0.3, -0.25) is 0 Å². The van der Waals surface area contributed by atoms with Crippen LogP contribution in [0.2, 0.25) is 5.02 Å². The second-order valence-electron chi connectivity index (χ2n) is 2.99. The van der Waals surface area contributed by atoms with E-state index in [1.807, 2.05) is 0 Å². The number of nitrogens with zero attached hydrogens (tertiary/aromatic N) is 1. The van der Waals surface area contributed by atoms with E-state index in [-0.39, 0.29) is 0 Å². The molecule has 0 unspecified atom stereocenters. The van der Waals surface area contributed by atoms with Gasteiger partial charge in [0.2, 0.25) is 5.95 Å². The summed E-state index contributed by atoms with van der Waals surface area (Å²) in [6.45, 7) is 1.66. The molecule has 72 valence electrons. The predicted molar refractivity (Wildman–Crippen MR) is 49.2 cm³/mol. The Balaban J connectivity index is 2.70. The smallest absolute Gasteiger partial charge is 0.216 e. The molecule has 4 heteroatoms. The normalized spacial score (nSPS) is 12.9. The molecule has 1 atom stereocenters. The van der Waals surface area contributed by atoms with Gasteiger partial charge in [0, 0.05) is 11.8 Å². The van der Waals surface area contributed by atoms with Crippen molar-refractivity contribution in [1.82, 2.24) is 4.98 Å². The number of aliphatic hydroxyl groups excluding tert-OH is 1. The van der Waals surface area contributed by atoms with E-state index in [1.165, 1.54) is 12.3 Å². The summed E-state index contributed by atoms with van der Waals surface area (Å²) in [5.74, 6) is -0.509. The second-order valence-corrected chi connectivity index (χ2v) is 3.43. The van der Waals surface area contributed by atoms with Gasteiger partial charge in [0.25, 0.3) is 0 Å². The van der Waals surface area contributed by atoms with Crippen LogP contribution in [0.1, 0.15) is 18.9 Å². The number of aliphatic hydroxyl groups is 1. The Morgan fingerprint density at radius 2 is 2.38 bits per heavy atom. The molecule has 0 saturated heterocycles. The minimum absolute atomic E-state index is 0.419. The molecule has 1 aromatic rings. The first kappa shape index (κ1) is 10.4. The molecule has 0 aromatic carbocycles. The van der Waals surface area contributed by atoms with Crippen molar-refractivity contribution in [2.24, 2.45) is 0 Å². The van der Waals surface area contributed by atoms with Gasteiger partial charge in [-0.25, -0.2) is 4.98 Å². The van der Waals surface area contributed by atoms with Gasteiger partial charge in [-0.1, -0.05) is 11.6 Å². The first-order valence-electron chi connectivity index (χ1n) is 4.07. The zero-order chi connectivity index (χ0) is 9.84. The van der Waals surface area contributed by atoms with Crippen LogP contribution in [0, 0.1) is 5.95 Å². The van der Waals surface area contributed by atoms with Gasteiger partial charge in [-0.05, 0) is 25.8 Å². The Hall–Kier alpha value is -0.670. The van der Waals surface area contributed by atoms with Crippen LogP contribution < -0.4 is 0 Å². The van der Waals surface area contributed by atoms with Crippen LogP contribution in [0.25, 0.3) is 0 Å². The Morgan fingerprint density at radius 3 is 3.00 bits per heavy atom. The molecular weight excluding hydrogens is 193 g/mol. The fourth-order valence-corrected chi connectivity index (χ4v) is 1.18. The maximum atomic E-state index is 13.0. The Morgan fingerprint density at radius 1 is 1.69 bits per heavy atom. The SMILES string of the molecule is C[C@H](O)CCc1cc(Cl)cnc1F. The molecule has 1 heterocycles. The standard InChI is InChI=1S/C9H11ClFNO/c1-6(13)2-3-7-4-8(10)5-12-9(7)11/h4-6,13H,2-3H2,1H3/t6-/m0/s1. The molecule has 0 aliphatic heterocycles. The van der Waals surface area contributed by atoms with E-state index in [2.05, 4.69) is 4.98 Å². The fourth-order valence-electron chi connectivity index (χ4n) is 1.00. The van der Waals surface area contributed by atoms with Gasteiger partial charge < -0.3 is 5.11 Å². The lowest BCUT2D eigenvalue weighted by Gasteiger charge is -2.04. The summed E-state index contributed by atoms with van der Waals surface area (Å²) in [6, 6.07) is 1.53. The molecule has 2 nitrogen and oxygen atoms in total. The summed E-state index contributed by atoms with van der Waals surface area (Å²) < 4.78 is 13.0. The highest BCUT2D eigenvalue weighted by Crippen LogP contribution is 2.14. The fraction of sp³-hybridized carbons (Fsp3) is 0.444. The van der Waals surface area contributed by atoms with Crippen molar-refractivity contribution >= 4 is 11.6 Å². The molecule has 0 aliphatic carbocycles. The van der Waals surface area contributed by atoms with Crippen LogP contribution in [0.5, 0.6) is 0 Å². The Kier molecular flexibility index (Phi) is 3.63. The molecule has 0 bridgehead atoms. The molecule has 0 amide bonds. The van der Waals surface area contributed by atoms with Crippen LogP contribution in [-0.4, -0.2) is 16.2 Å². The Labute approximate surface area is 81.4 Å². The third kappa shape index (κ3) is 3.28. The molecule has 13 heavy (non-hydrogen) atoms. The van der Waals surface area contributed by atoms with E-state index in [0.29, 0.717) is 23.4 Å². The summed E-state index contributed by atoms with van der Waals surface area (Å²) in [6.07, 6.45) is 1.80. The minimum atomic E-state index is -0.509. The second kappa shape index (κ2) is 4.53. The number of halogens is 2. The summed E-state index contributed by atoms with van der Waals surface area (Å²) in [4.78, 5) is 3.48. The highest BCUT2D eigenvalue weighted by molar-refractivity contribution is 6.30. The molecule has 0 saturated carbocycles. The summed E-state index contributed by atoms with van der Waals surface area (Å²) in [5, 5.41) is 9.42. The minimum Gasteiger partial charge on any atom is -0.393 e. The maximum Gasteiger partial charge on any atom is 0.216 e. The highest BCUT2D eigenvalue weighted by Gasteiger charge is 2.05. The number of aromatic nitrogens is 1. The van der Waals surface area contributed by atoms with Gasteiger partial charge in [-0.15, -0.1) is 0 Å². The van der Waals surface area contributed by atoms with Crippen LogP contribution in [0.15, 0.2) is 12.3 Å². The van der Waals surface area contributed by atoms with E-state index in [9.17, 15) is 4.39 Å². The first-order valence-corrected chi connectivity index (χ1v) is 4.45. The topological polar surface area (TPSA) is 33.1 Å². The van der Waals surface area contributed by atoms with Crippen LogP contribution in [0.4, 0.5) is 4.39 Å². The van der Waals surface area contributed by atoms with Crippen molar-refractivity contribution in [3.05, 3.63) is 28.8 Å². The molecule has 0 fully saturated rings. The van der Waals surface area contributed by atoms with Gasteiger partial charge in [0.1, 0.15) is 0 Å². The lowest BCUT2D eigenvalue weighted by atomic mass is 10.1. The molecule has 0 aliphatic rings. The number of rotatable bonds is 3. The summed E-state index contributed by atoms with van der Waals surface area (Å²) >= 11 is 5.64. The third-order valence-electron chi connectivity index (χ3n) is 1.71. The lowest BCUT2D eigenvalue weighted by Crippen LogP contribution is -2.03. The zero-order valence-corrected chi connectivity index (χ0v) is 8.05. The summed E-state index contributed by atoms with van der Waals surface area (Å²) in [7, 11) is 0. The molecule has 0 radical (unpaired) electrons. The first-order chi connectivity index (χ1) is 6.09. The zero-order valence-electron chi connectivity index (χ0n) is 7.30. The van der Waals surface area contributed by atoms with Crippen molar-refractivity contribution in [2.45, 2.75) is 25.9 Å². The van der Waals surface area contributed by atoms with E-state index in [0.717, 1.165) is 0 Å². The van der Waals surface area contributed by atoms with E-state index < -0.39 is 12.1 Å². The van der Waals surface area contributed by atoms with Crippen LogP contribution >= 0.6 is 11.6 Å². The molecule has 1 aromatic heterocycles. The van der Waals surface area contributed by atoms with Gasteiger partial charge in [0.05, 0.1) is 11.1 Å². The molecule has 1 rings (SSSR count). The number of hydrogen-bond acceptors (Lipinski definition) is 2. The predicted octanol–water partition coefficient (Wildman–Crippen LogP) is 2.19. The summed E-state index contributed by atoms with van der Waals surface area (Å²) in [5.41, 5.74) is 0.452. The molecule has 0 spiro atoms. The molecule has 1 N–H and O–H groups in total. The van der Waals surface area contributed by atoms with Crippen molar-refractivity contribution in [2.75, 3.05) is 0 Å². The van der Waals surface area contributed by atoms with E-state index in [4.69, 9.17) is 16.7 Å². The van der Waals surface area contributed by atoms with E-state index >= 15 is 0 Å². The Bertz CT molecular complexity index is 291. The molecular formula is C9H11ClFNO. The van der Waals surface area contributed by atoms with Crippen molar-refractivity contribution in [3.8, 4) is 0 Å². The average molecular weight is 204 g/mol. The van der Waals surface area contributed by atoms with Gasteiger partial charge >= 0.3 is 0 Å². The van der Waals surface area contributed by atoms with E-state index in [1.54, 1.807) is 6.92 Å². The highest BCUT2D eigenvalue weighted by atomic mass is 35.5. The van der Waals surface area contributed by atoms with Crippen LogP contribution in [0.3, 0.4) is 0 Å². The van der Waals surface area contributed by atoms with Gasteiger partial charge in [0.15, 0.2) is 0 Å². The monoisotopic (exact) mass is 203 g/mol. The number of aryl methyl sites for hydroxylation is 1. The van der Waals surface area contributed by atoms with Gasteiger partial charge in [-0.2, -0.15) is 4.39 Å². The third-order valence-corrected chi connectivity index (χ3v) is 1.92.